The Morgan fingerprint density at radius 1 is 1.46 bits per heavy atom. The molecule has 0 aliphatic rings. The molecular formula is C9H13ClFNO. The van der Waals surface area contributed by atoms with Gasteiger partial charge in [-0.15, -0.1) is 12.4 Å². The van der Waals surface area contributed by atoms with Crippen LogP contribution < -0.4 is 5.73 Å². The maximum atomic E-state index is 13.0. The maximum absolute atomic E-state index is 13.0. The first-order chi connectivity index (χ1) is 5.54. The van der Waals surface area contributed by atoms with Crippen molar-refractivity contribution in [1.82, 2.24) is 0 Å². The van der Waals surface area contributed by atoms with Gasteiger partial charge in [-0.2, -0.15) is 0 Å². The lowest BCUT2D eigenvalue weighted by molar-refractivity contribution is 0.420. The zero-order valence-electron chi connectivity index (χ0n) is 7.54. The van der Waals surface area contributed by atoms with E-state index in [0.29, 0.717) is 11.1 Å². The van der Waals surface area contributed by atoms with Gasteiger partial charge < -0.3 is 10.8 Å². The predicted octanol–water partition coefficient (Wildman–Crippen LogP) is 2.28. The highest BCUT2D eigenvalue weighted by Crippen LogP contribution is 2.27. The molecule has 13 heavy (non-hydrogen) atoms. The largest absolute Gasteiger partial charge is 0.505 e. The van der Waals surface area contributed by atoms with Gasteiger partial charge >= 0.3 is 0 Å². The smallest absolute Gasteiger partial charge is 0.168 e. The number of halogens is 2. The molecule has 0 unspecified atom stereocenters. The van der Waals surface area contributed by atoms with E-state index in [9.17, 15) is 9.50 Å². The molecule has 0 aromatic heterocycles. The first-order valence-electron chi connectivity index (χ1n) is 3.77. The van der Waals surface area contributed by atoms with Gasteiger partial charge in [0.15, 0.2) is 11.6 Å². The third kappa shape index (κ3) is 2.32. The fraction of sp³-hybridized carbons (Fsp3) is 0.333. The van der Waals surface area contributed by atoms with Crippen LogP contribution in [0.4, 0.5) is 4.39 Å². The highest BCUT2D eigenvalue weighted by molar-refractivity contribution is 5.85. The Bertz CT molecular complexity index is 302. The Hall–Kier alpha value is -0.800. The highest BCUT2D eigenvalue weighted by Gasteiger charge is 2.11. The fourth-order valence-corrected chi connectivity index (χ4v) is 1.05. The summed E-state index contributed by atoms with van der Waals surface area (Å²) >= 11 is 0. The van der Waals surface area contributed by atoms with E-state index in [4.69, 9.17) is 5.73 Å². The van der Waals surface area contributed by atoms with E-state index < -0.39 is 5.82 Å². The van der Waals surface area contributed by atoms with Gasteiger partial charge in [-0.05, 0) is 19.4 Å². The fourth-order valence-electron chi connectivity index (χ4n) is 1.05. The average molecular weight is 206 g/mol. The number of aromatic hydroxyl groups is 1. The summed E-state index contributed by atoms with van der Waals surface area (Å²) in [5.74, 6) is -0.908. The summed E-state index contributed by atoms with van der Waals surface area (Å²) in [5.41, 5.74) is 6.38. The zero-order chi connectivity index (χ0) is 9.30. The Kier molecular flexibility index (Phi) is 4.17. The minimum absolute atomic E-state index is 0. The summed E-state index contributed by atoms with van der Waals surface area (Å²) in [6.45, 7) is 3.30. The number of hydrogen-bond donors (Lipinski definition) is 2. The van der Waals surface area contributed by atoms with Gasteiger partial charge in [0.25, 0.3) is 0 Å². The van der Waals surface area contributed by atoms with Crippen molar-refractivity contribution in [1.29, 1.82) is 0 Å². The molecule has 0 aliphatic heterocycles. The zero-order valence-corrected chi connectivity index (χ0v) is 8.36. The summed E-state index contributed by atoms with van der Waals surface area (Å²) < 4.78 is 13.0. The maximum Gasteiger partial charge on any atom is 0.168 e. The number of phenols is 1. The standard InChI is InChI=1S/C9H12FNO.ClH/c1-5-3-4-7(6(2)11)9(12)8(5)10;/h3-4,6,12H,11H2,1-2H3;1H/t6-;/m0./s1. The molecule has 0 aliphatic carbocycles. The van der Waals surface area contributed by atoms with Crippen molar-refractivity contribution in [3.63, 3.8) is 0 Å². The van der Waals surface area contributed by atoms with E-state index in [-0.39, 0.29) is 24.2 Å². The van der Waals surface area contributed by atoms with Crippen LogP contribution in [-0.2, 0) is 0 Å². The molecule has 1 rings (SSSR count). The average Bonchev–Trinajstić information content (AvgIpc) is 2.00. The van der Waals surface area contributed by atoms with E-state index in [0.717, 1.165) is 0 Å². The van der Waals surface area contributed by atoms with E-state index >= 15 is 0 Å². The second-order valence-electron chi connectivity index (χ2n) is 2.92. The minimum Gasteiger partial charge on any atom is -0.505 e. The molecule has 0 heterocycles. The van der Waals surface area contributed by atoms with Crippen LogP contribution in [0.3, 0.4) is 0 Å². The summed E-state index contributed by atoms with van der Waals surface area (Å²) in [7, 11) is 0. The van der Waals surface area contributed by atoms with Gasteiger partial charge in [0, 0.05) is 11.6 Å². The Morgan fingerprint density at radius 3 is 2.46 bits per heavy atom. The lowest BCUT2D eigenvalue weighted by Crippen LogP contribution is -2.06. The number of phenolic OH excluding ortho intramolecular Hbond substituents is 1. The van der Waals surface area contributed by atoms with Crippen molar-refractivity contribution in [2.45, 2.75) is 19.9 Å². The molecule has 0 saturated carbocycles. The molecule has 0 spiro atoms. The number of nitrogens with two attached hydrogens (primary N) is 1. The molecule has 0 saturated heterocycles. The number of hydrogen-bond acceptors (Lipinski definition) is 2. The van der Waals surface area contributed by atoms with Gasteiger partial charge in [0.05, 0.1) is 0 Å². The lowest BCUT2D eigenvalue weighted by Gasteiger charge is -2.09. The van der Waals surface area contributed by atoms with Crippen LogP contribution >= 0.6 is 12.4 Å². The molecular weight excluding hydrogens is 193 g/mol. The highest BCUT2D eigenvalue weighted by atomic mass is 35.5. The quantitative estimate of drug-likeness (QED) is 0.739. The first kappa shape index (κ1) is 12.2. The molecule has 0 amide bonds. The van der Waals surface area contributed by atoms with Gasteiger partial charge in [0.1, 0.15) is 0 Å². The van der Waals surface area contributed by atoms with Crippen LogP contribution in [0.2, 0.25) is 0 Å². The van der Waals surface area contributed by atoms with Gasteiger partial charge in [0.2, 0.25) is 0 Å². The summed E-state index contributed by atoms with van der Waals surface area (Å²) in [6, 6.07) is 2.90. The van der Waals surface area contributed by atoms with Crippen LogP contribution in [0.25, 0.3) is 0 Å². The van der Waals surface area contributed by atoms with E-state index in [1.54, 1.807) is 26.0 Å². The van der Waals surface area contributed by atoms with Crippen LogP contribution in [0, 0.1) is 12.7 Å². The SMILES string of the molecule is Cc1ccc([C@H](C)N)c(O)c1F.Cl. The molecule has 0 bridgehead atoms. The van der Waals surface area contributed by atoms with Crippen molar-refractivity contribution in [3.05, 3.63) is 29.1 Å². The molecule has 1 atom stereocenters. The number of benzene rings is 1. The normalized spacial score (nSPS) is 12.0. The van der Waals surface area contributed by atoms with Crippen molar-refractivity contribution >= 4 is 12.4 Å². The first-order valence-corrected chi connectivity index (χ1v) is 3.77. The Labute approximate surface area is 83.0 Å². The van der Waals surface area contributed by atoms with Crippen molar-refractivity contribution in [2.75, 3.05) is 0 Å². The second-order valence-corrected chi connectivity index (χ2v) is 2.92. The molecule has 4 heteroatoms. The third-order valence-corrected chi connectivity index (χ3v) is 1.83. The monoisotopic (exact) mass is 205 g/mol. The van der Waals surface area contributed by atoms with Gasteiger partial charge in [-0.25, -0.2) is 4.39 Å². The van der Waals surface area contributed by atoms with Crippen LogP contribution in [0.1, 0.15) is 24.1 Å². The van der Waals surface area contributed by atoms with Crippen molar-refractivity contribution in [3.8, 4) is 5.75 Å². The summed E-state index contributed by atoms with van der Waals surface area (Å²) in [4.78, 5) is 0. The Morgan fingerprint density at radius 2 is 2.00 bits per heavy atom. The molecule has 0 radical (unpaired) electrons. The van der Waals surface area contributed by atoms with Crippen molar-refractivity contribution in [2.24, 2.45) is 5.73 Å². The topological polar surface area (TPSA) is 46.2 Å². The van der Waals surface area contributed by atoms with E-state index in [2.05, 4.69) is 0 Å². The minimum atomic E-state index is -0.579. The molecule has 74 valence electrons. The molecule has 1 aromatic carbocycles. The van der Waals surface area contributed by atoms with Crippen LogP contribution in [0.15, 0.2) is 12.1 Å². The predicted molar refractivity (Wildman–Crippen MR) is 52.7 cm³/mol. The van der Waals surface area contributed by atoms with E-state index in [1.807, 2.05) is 0 Å². The van der Waals surface area contributed by atoms with Gasteiger partial charge in [-0.1, -0.05) is 12.1 Å². The van der Waals surface area contributed by atoms with Crippen molar-refractivity contribution < 1.29 is 9.50 Å². The lowest BCUT2D eigenvalue weighted by atomic mass is 10.1. The van der Waals surface area contributed by atoms with Crippen LogP contribution in [0.5, 0.6) is 5.75 Å². The number of rotatable bonds is 1. The third-order valence-electron chi connectivity index (χ3n) is 1.83. The molecule has 0 fully saturated rings. The second kappa shape index (κ2) is 4.44. The van der Waals surface area contributed by atoms with Gasteiger partial charge in [-0.3, -0.25) is 0 Å². The summed E-state index contributed by atoms with van der Waals surface area (Å²) in [6.07, 6.45) is 0. The summed E-state index contributed by atoms with van der Waals surface area (Å²) in [5, 5.41) is 9.29. The van der Waals surface area contributed by atoms with E-state index in [1.165, 1.54) is 0 Å². The molecule has 1 aromatic rings. The Balaban J connectivity index is 0.00000144. The number of aryl methyl sites for hydroxylation is 1. The van der Waals surface area contributed by atoms with Crippen LogP contribution in [-0.4, -0.2) is 5.11 Å². The molecule has 2 nitrogen and oxygen atoms in total. The molecule has 3 N–H and O–H groups in total.